The molecule has 0 fully saturated rings. The number of aromatic nitrogens is 2. The van der Waals surface area contributed by atoms with Gasteiger partial charge >= 0.3 is 0 Å². The molecule has 0 spiro atoms. The van der Waals surface area contributed by atoms with E-state index in [9.17, 15) is 8.42 Å². The number of ether oxygens (including phenoxy) is 1. The van der Waals surface area contributed by atoms with E-state index in [1.807, 2.05) is 0 Å². The summed E-state index contributed by atoms with van der Waals surface area (Å²) in [5.41, 5.74) is 0.682. The number of H-pyrrole nitrogens is 1. The molecule has 0 atom stereocenters. The summed E-state index contributed by atoms with van der Waals surface area (Å²) in [6.07, 6.45) is 1.14. The van der Waals surface area contributed by atoms with Crippen molar-refractivity contribution in [2.75, 3.05) is 13.4 Å². The van der Waals surface area contributed by atoms with Crippen LogP contribution in [-0.2, 0) is 26.9 Å². The normalized spacial score (nSPS) is 11.7. The highest BCUT2D eigenvalue weighted by atomic mass is 79.9. The number of rotatable bonds is 4. The van der Waals surface area contributed by atoms with Crippen molar-refractivity contribution in [3.63, 3.8) is 0 Å². The fourth-order valence-electron chi connectivity index (χ4n) is 1.12. The van der Waals surface area contributed by atoms with Crippen LogP contribution >= 0.6 is 28.1 Å². The average molecular weight is 327 g/mol. The molecule has 0 aliphatic rings. The number of nitrogens with zero attached hydrogens (tertiary/aromatic N) is 1. The molecule has 8 heteroatoms. The Morgan fingerprint density at radius 3 is 2.69 bits per heavy atom. The fourth-order valence-corrected chi connectivity index (χ4v) is 2.29. The van der Waals surface area contributed by atoms with Gasteiger partial charge in [-0.3, -0.25) is 0 Å². The first kappa shape index (κ1) is 13.8. The van der Waals surface area contributed by atoms with E-state index in [-0.39, 0.29) is 5.75 Å². The van der Waals surface area contributed by atoms with E-state index in [4.69, 9.17) is 17.0 Å². The van der Waals surface area contributed by atoms with Gasteiger partial charge in [0, 0.05) is 13.4 Å². The van der Waals surface area contributed by atoms with Gasteiger partial charge in [-0.2, -0.15) is 0 Å². The van der Waals surface area contributed by atoms with Crippen LogP contribution in [0.2, 0.25) is 0 Å². The molecule has 0 saturated carbocycles. The van der Waals surface area contributed by atoms with E-state index >= 15 is 0 Å². The third kappa shape index (κ3) is 3.93. The molecule has 0 aliphatic heterocycles. The van der Waals surface area contributed by atoms with Crippen LogP contribution in [0.25, 0.3) is 0 Å². The number of halogens is 1. The number of hydrogen-bond acceptors (Lipinski definition) is 5. The van der Waals surface area contributed by atoms with E-state index in [1.165, 1.54) is 0 Å². The molecule has 1 aromatic rings. The van der Waals surface area contributed by atoms with Crippen molar-refractivity contribution in [2.45, 2.75) is 12.4 Å². The highest BCUT2D eigenvalue weighted by Gasteiger charge is 2.10. The molecule has 0 bridgehead atoms. The summed E-state index contributed by atoms with van der Waals surface area (Å²) in [7, 11) is -1.59. The number of aromatic amines is 1. The molecular formula is C8H11BrN2O3S2. The van der Waals surface area contributed by atoms with E-state index in [1.54, 1.807) is 7.11 Å². The number of methoxy groups -OCH3 is 1. The molecule has 0 radical (unpaired) electrons. The van der Waals surface area contributed by atoms with Crippen LogP contribution in [0.15, 0.2) is 4.47 Å². The smallest absolute Gasteiger partial charge is 0.154 e. The first-order chi connectivity index (χ1) is 7.33. The SMILES string of the molecule is COCc1[nH]c(CS(C)(=O)=O)nc(=S)c1Br. The van der Waals surface area contributed by atoms with Gasteiger partial charge in [0.15, 0.2) is 9.84 Å². The molecule has 0 amide bonds. The highest BCUT2D eigenvalue weighted by Crippen LogP contribution is 2.17. The molecule has 5 nitrogen and oxygen atoms in total. The molecule has 1 N–H and O–H groups in total. The Hall–Kier alpha value is -0.310. The molecule has 90 valence electrons. The van der Waals surface area contributed by atoms with Crippen LogP contribution in [0.4, 0.5) is 0 Å². The molecule has 1 rings (SSSR count). The number of sulfone groups is 1. The Morgan fingerprint density at radius 1 is 1.56 bits per heavy atom. The van der Waals surface area contributed by atoms with Crippen LogP contribution in [0.5, 0.6) is 0 Å². The van der Waals surface area contributed by atoms with E-state index in [2.05, 4.69) is 25.9 Å². The standard InChI is InChI=1S/C8H11BrN2O3S2/c1-14-3-5-7(9)8(15)11-6(10-5)4-16(2,12)13/h3-4H2,1-2H3,(H,10,11,15). The summed E-state index contributed by atoms with van der Waals surface area (Å²) < 4.78 is 28.2. The fraction of sp³-hybridized carbons (Fsp3) is 0.500. The van der Waals surface area contributed by atoms with Crippen molar-refractivity contribution < 1.29 is 13.2 Å². The Kier molecular flexibility index (Phi) is 4.60. The molecule has 1 heterocycles. The third-order valence-electron chi connectivity index (χ3n) is 1.67. The number of nitrogens with one attached hydrogen (secondary N) is 1. The first-order valence-corrected chi connectivity index (χ1v) is 7.54. The van der Waals surface area contributed by atoms with E-state index in [0.717, 1.165) is 6.26 Å². The summed E-state index contributed by atoms with van der Waals surface area (Å²) in [6.45, 7) is 0.309. The van der Waals surface area contributed by atoms with Crippen LogP contribution < -0.4 is 0 Å². The molecule has 16 heavy (non-hydrogen) atoms. The van der Waals surface area contributed by atoms with Gasteiger partial charge in [0.2, 0.25) is 0 Å². The third-order valence-corrected chi connectivity index (χ3v) is 3.88. The van der Waals surface area contributed by atoms with Crippen LogP contribution in [0.3, 0.4) is 0 Å². The highest BCUT2D eigenvalue weighted by molar-refractivity contribution is 9.10. The minimum atomic E-state index is -3.13. The Bertz CT molecular complexity index is 539. The average Bonchev–Trinajstić information content (AvgIpc) is 2.11. The zero-order valence-electron chi connectivity index (χ0n) is 8.78. The van der Waals surface area contributed by atoms with Gasteiger partial charge in [-0.25, -0.2) is 13.4 Å². The maximum atomic E-state index is 11.1. The Labute approximate surface area is 107 Å². The molecule has 0 aromatic carbocycles. The van der Waals surface area contributed by atoms with Crippen molar-refractivity contribution in [1.29, 1.82) is 0 Å². The van der Waals surface area contributed by atoms with Gasteiger partial charge in [0.25, 0.3) is 0 Å². The second-order valence-electron chi connectivity index (χ2n) is 3.28. The lowest BCUT2D eigenvalue weighted by Crippen LogP contribution is -2.08. The van der Waals surface area contributed by atoms with Crippen molar-refractivity contribution in [2.24, 2.45) is 0 Å². The van der Waals surface area contributed by atoms with Crippen molar-refractivity contribution in [1.82, 2.24) is 9.97 Å². The van der Waals surface area contributed by atoms with Crippen molar-refractivity contribution >= 4 is 38.0 Å². The second kappa shape index (κ2) is 5.35. The zero-order valence-corrected chi connectivity index (χ0v) is 12.0. The molecule has 0 aliphatic carbocycles. The lowest BCUT2D eigenvalue weighted by molar-refractivity contribution is 0.180. The predicted molar refractivity (Wildman–Crippen MR) is 66.4 cm³/mol. The minimum absolute atomic E-state index is 0.166. The van der Waals surface area contributed by atoms with E-state index < -0.39 is 9.84 Å². The van der Waals surface area contributed by atoms with Crippen LogP contribution in [-0.4, -0.2) is 31.8 Å². The largest absolute Gasteiger partial charge is 0.378 e. The van der Waals surface area contributed by atoms with Crippen LogP contribution in [0, 0.1) is 4.64 Å². The van der Waals surface area contributed by atoms with Crippen molar-refractivity contribution in [3.8, 4) is 0 Å². The summed E-state index contributed by atoms with van der Waals surface area (Å²) in [4.78, 5) is 6.86. The zero-order chi connectivity index (χ0) is 12.3. The summed E-state index contributed by atoms with van der Waals surface area (Å²) in [5.74, 6) is 0.156. The maximum Gasteiger partial charge on any atom is 0.154 e. The van der Waals surface area contributed by atoms with Gasteiger partial charge in [0.05, 0.1) is 16.8 Å². The van der Waals surface area contributed by atoms with Gasteiger partial charge in [-0.1, -0.05) is 12.2 Å². The second-order valence-corrected chi connectivity index (χ2v) is 6.60. The predicted octanol–water partition coefficient (Wildman–Crippen LogP) is 1.59. The quantitative estimate of drug-likeness (QED) is 0.851. The van der Waals surface area contributed by atoms with Gasteiger partial charge in [-0.15, -0.1) is 0 Å². The molecule has 0 saturated heterocycles. The molecule has 0 unspecified atom stereocenters. The minimum Gasteiger partial charge on any atom is -0.378 e. The lowest BCUT2D eigenvalue weighted by Gasteiger charge is -2.06. The first-order valence-electron chi connectivity index (χ1n) is 4.27. The lowest BCUT2D eigenvalue weighted by atomic mass is 10.4. The van der Waals surface area contributed by atoms with Crippen molar-refractivity contribution in [3.05, 3.63) is 20.6 Å². The molecular weight excluding hydrogens is 316 g/mol. The number of hydrogen-bond donors (Lipinski definition) is 1. The Morgan fingerprint density at radius 2 is 2.19 bits per heavy atom. The molecule has 1 aromatic heterocycles. The monoisotopic (exact) mass is 326 g/mol. The van der Waals surface area contributed by atoms with E-state index in [0.29, 0.717) is 27.2 Å². The van der Waals surface area contributed by atoms with Crippen LogP contribution in [0.1, 0.15) is 11.5 Å². The van der Waals surface area contributed by atoms with Gasteiger partial charge in [-0.05, 0) is 15.9 Å². The van der Waals surface area contributed by atoms with Gasteiger partial charge in [0.1, 0.15) is 16.2 Å². The summed E-state index contributed by atoms with van der Waals surface area (Å²) in [6, 6.07) is 0. The summed E-state index contributed by atoms with van der Waals surface area (Å²) >= 11 is 8.27. The summed E-state index contributed by atoms with van der Waals surface area (Å²) in [5, 5.41) is 0. The van der Waals surface area contributed by atoms with Gasteiger partial charge < -0.3 is 9.72 Å². The Balaban J connectivity index is 3.19. The maximum absolute atomic E-state index is 11.1. The topological polar surface area (TPSA) is 72.1 Å².